The molecule has 10 N–H and O–H groups in total. The molecule has 0 fully saturated rings. The molecule has 0 spiro atoms. The summed E-state index contributed by atoms with van der Waals surface area (Å²) in [7, 11) is -5.22. The quantitative estimate of drug-likeness (QED) is 0.143. The third-order valence-electron chi connectivity index (χ3n) is 2.98. The molecule has 0 saturated carbocycles. The van der Waals surface area contributed by atoms with Crippen LogP contribution in [0.3, 0.4) is 0 Å². The number of aliphatic hydroxyl groups is 6. The van der Waals surface area contributed by atoms with Crippen LogP contribution < -0.4 is 0 Å². The van der Waals surface area contributed by atoms with Crippen LogP contribution in [0.4, 0.5) is 0 Å². The van der Waals surface area contributed by atoms with E-state index in [1.54, 1.807) is 0 Å². The SMILES string of the molecule is OCC(CO)(CO)COCC(CO)(CO)CO.OP(O)OP(O)O. The molecule has 0 saturated heterocycles. The minimum absolute atomic E-state index is 0.141. The summed E-state index contributed by atoms with van der Waals surface area (Å²) in [6.07, 6.45) is 0. The Kier molecular flexibility index (Phi) is 16.1. The second-order valence-corrected chi connectivity index (χ2v) is 6.69. The van der Waals surface area contributed by atoms with E-state index >= 15 is 0 Å². The van der Waals surface area contributed by atoms with E-state index in [0.29, 0.717) is 0 Å². The first-order valence-corrected chi connectivity index (χ1v) is 8.80. The molecule has 148 valence electrons. The van der Waals surface area contributed by atoms with Crippen LogP contribution in [0.25, 0.3) is 0 Å². The van der Waals surface area contributed by atoms with Gasteiger partial charge in [0.15, 0.2) is 0 Å². The fraction of sp³-hybridized carbons (Fsp3) is 1.00. The van der Waals surface area contributed by atoms with Gasteiger partial charge in [-0.15, -0.1) is 0 Å². The minimum atomic E-state index is -2.61. The molecule has 0 heterocycles. The Morgan fingerprint density at radius 2 is 0.792 bits per heavy atom. The lowest BCUT2D eigenvalue weighted by Crippen LogP contribution is -2.43. The van der Waals surface area contributed by atoms with Crippen LogP contribution in [0.2, 0.25) is 0 Å². The van der Waals surface area contributed by atoms with Crippen molar-refractivity contribution in [2.45, 2.75) is 0 Å². The molecule has 12 nitrogen and oxygen atoms in total. The Labute approximate surface area is 141 Å². The third kappa shape index (κ3) is 11.1. The molecule has 0 atom stereocenters. The van der Waals surface area contributed by atoms with E-state index in [1.807, 2.05) is 0 Å². The maximum absolute atomic E-state index is 9.03. The summed E-state index contributed by atoms with van der Waals surface area (Å²) >= 11 is 0. The van der Waals surface area contributed by atoms with E-state index in [1.165, 1.54) is 0 Å². The van der Waals surface area contributed by atoms with Gasteiger partial charge in [-0.2, -0.15) is 0 Å². The maximum Gasteiger partial charge on any atom is 0.334 e. The fourth-order valence-corrected chi connectivity index (χ4v) is 1.65. The summed E-state index contributed by atoms with van der Waals surface area (Å²) in [5, 5.41) is 54.2. The normalized spacial score (nSPS) is 12.5. The van der Waals surface area contributed by atoms with Crippen molar-refractivity contribution >= 4 is 17.2 Å². The number of rotatable bonds is 12. The topological polar surface area (TPSA) is 221 Å². The summed E-state index contributed by atoms with van der Waals surface area (Å²) in [5.41, 5.74) is -2.32. The first-order chi connectivity index (χ1) is 11.2. The Hall–Kier alpha value is 0.380. The number of hydrogen-bond acceptors (Lipinski definition) is 12. The van der Waals surface area contributed by atoms with Crippen molar-refractivity contribution in [3.8, 4) is 0 Å². The Balaban J connectivity index is 0. The van der Waals surface area contributed by atoms with E-state index < -0.39 is 67.7 Å². The molecule has 0 radical (unpaired) electrons. The van der Waals surface area contributed by atoms with Gasteiger partial charge in [0.2, 0.25) is 0 Å². The van der Waals surface area contributed by atoms with E-state index in [4.69, 9.17) is 54.9 Å². The Morgan fingerprint density at radius 3 is 0.917 bits per heavy atom. The second kappa shape index (κ2) is 14.5. The average molecular weight is 400 g/mol. The lowest BCUT2D eigenvalue weighted by atomic mass is 9.91. The van der Waals surface area contributed by atoms with Crippen LogP contribution >= 0.6 is 17.2 Å². The highest BCUT2D eigenvalue weighted by Crippen LogP contribution is 2.41. The van der Waals surface area contributed by atoms with Crippen molar-refractivity contribution in [1.29, 1.82) is 0 Å². The van der Waals surface area contributed by atoms with Crippen molar-refractivity contribution in [3.05, 3.63) is 0 Å². The van der Waals surface area contributed by atoms with Gasteiger partial charge in [0.1, 0.15) is 0 Å². The molecule has 0 aliphatic rings. The lowest BCUT2D eigenvalue weighted by Gasteiger charge is -2.31. The van der Waals surface area contributed by atoms with Crippen molar-refractivity contribution in [3.63, 3.8) is 0 Å². The van der Waals surface area contributed by atoms with E-state index in [0.717, 1.165) is 0 Å². The number of aliphatic hydroxyl groups excluding tert-OH is 6. The second-order valence-electron chi connectivity index (χ2n) is 5.03. The first-order valence-electron chi connectivity index (χ1n) is 6.47. The monoisotopic (exact) mass is 400 g/mol. The number of hydrogen-bond donors (Lipinski definition) is 10. The predicted octanol–water partition coefficient (Wildman–Crippen LogP) is -3.64. The zero-order valence-corrected chi connectivity index (χ0v) is 14.6. The molecule has 0 bridgehead atoms. The van der Waals surface area contributed by atoms with E-state index in [9.17, 15) is 0 Å². The molecule has 0 aromatic carbocycles. The lowest BCUT2D eigenvalue weighted by molar-refractivity contribution is -0.103. The van der Waals surface area contributed by atoms with Crippen LogP contribution in [0, 0.1) is 10.8 Å². The van der Waals surface area contributed by atoms with Crippen molar-refractivity contribution in [2.75, 3.05) is 52.9 Å². The van der Waals surface area contributed by atoms with Gasteiger partial charge in [-0.05, 0) is 0 Å². The van der Waals surface area contributed by atoms with Gasteiger partial charge in [0.25, 0.3) is 0 Å². The van der Waals surface area contributed by atoms with Crippen LogP contribution in [-0.4, -0.2) is 103 Å². The van der Waals surface area contributed by atoms with Crippen LogP contribution in [-0.2, 0) is 9.05 Å². The first kappa shape index (κ1) is 26.6. The minimum Gasteiger partial charge on any atom is -0.396 e. The molecule has 0 rings (SSSR count). The Morgan fingerprint density at radius 1 is 0.542 bits per heavy atom. The van der Waals surface area contributed by atoms with Crippen LogP contribution in [0.15, 0.2) is 0 Å². The highest BCUT2D eigenvalue weighted by Gasteiger charge is 2.32. The van der Waals surface area contributed by atoms with Gasteiger partial charge in [-0.25, -0.2) is 4.31 Å². The zero-order chi connectivity index (χ0) is 19.2. The molecular formula is C10H26O12P2. The molecule has 0 aromatic heterocycles. The van der Waals surface area contributed by atoms with Crippen molar-refractivity contribution < 1.29 is 59.3 Å². The largest absolute Gasteiger partial charge is 0.396 e. The molecule has 0 amide bonds. The number of ether oxygens (including phenoxy) is 1. The van der Waals surface area contributed by atoms with Gasteiger partial charge in [-0.1, -0.05) is 0 Å². The molecule has 0 aliphatic carbocycles. The van der Waals surface area contributed by atoms with Gasteiger partial charge in [0, 0.05) is 0 Å². The smallest absolute Gasteiger partial charge is 0.334 e. The van der Waals surface area contributed by atoms with Gasteiger partial charge < -0.3 is 54.9 Å². The fourth-order valence-electron chi connectivity index (χ4n) is 1.12. The molecule has 0 unspecified atom stereocenters. The van der Waals surface area contributed by atoms with Gasteiger partial charge >= 0.3 is 17.2 Å². The highest BCUT2D eigenvalue weighted by atomic mass is 31.2. The molecule has 24 heavy (non-hydrogen) atoms. The maximum atomic E-state index is 9.03. The molecular weight excluding hydrogens is 374 g/mol. The van der Waals surface area contributed by atoms with Crippen LogP contribution in [0.1, 0.15) is 0 Å². The van der Waals surface area contributed by atoms with E-state index in [-0.39, 0.29) is 13.2 Å². The summed E-state index contributed by atoms with van der Waals surface area (Å²) in [6, 6.07) is 0. The molecule has 14 heteroatoms. The highest BCUT2D eigenvalue weighted by molar-refractivity contribution is 7.53. The molecule has 0 aliphatic heterocycles. The summed E-state index contributed by atoms with van der Waals surface area (Å²) in [4.78, 5) is 31.3. The van der Waals surface area contributed by atoms with Crippen molar-refractivity contribution in [2.24, 2.45) is 10.8 Å². The average Bonchev–Trinajstić information content (AvgIpc) is 2.56. The third-order valence-corrected chi connectivity index (χ3v) is 4.14. The predicted molar refractivity (Wildman–Crippen MR) is 82.0 cm³/mol. The zero-order valence-electron chi connectivity index (χ0n) is 12.8. The van der Waals surface area contributed by atoms with Gasteiger partial charge in [0.05, 0.1) is 63.7 Å². The standard InChI is InChI=1S/C10H22O7.H4O5P2/c11-1-9(2-12,3-13)7-17-8-10(4-14,5-15)6-16;1-6(2)5-7(3)4/h11-16H,1-8H2;1-4H. The van der Waals surface area contributed by atoms with Gasteiger partial charge in [-0.3, -0.25) is 0 Å². The summed E-state index contributed by atoms with van der Waals surface area (Å²) < 4.78 is 8.75. The van der Waals surface area contributed by atoms with Crippen LogP contribution in [0.5, 0.6) is 0 Å². The Bertz CT molecular complexity index is 242. The summed E-state index contributed by atoms with van der Waals surface area (Å²) in [6.45, 7) is -3.01. The summed E-state index contributed by atoms with van der Waals surface area (Å²) in [5.74, 6) is 0. The van der Waals surface area contributed by atoms with Crippen molar-refractivity contribution in [1.82, 2.24) is 0 Å². The van der Waals surface area contributed by atoms with E-state index in [2.05, 4.69) is 4.31 Å². The molecule has 0 aromatic rings.